The van der Waals surface area contributed by atoms with Crippen LogP contribution in [0, 0.1) is 11.8 Å². The van der Waals surface area contributed by atoms with Gasteiger partial charge in [-0.25, -0.2) is 13.4 Å². The number of hydrogen-bond donors (Lipinski definition) is 0. The average molecular weight is 390 g/mol. The van der Waals surface area contributed by atoms with Crippen molar-refractivity contribution in [2.75, 3.05) is 31.1 Å². The molecule has 6 nitrogen and oxygen atoms in total. The van der Waals surface area contributed by atoms with Crippen molar-refractivity contribution in [3.05, 3.63) is 40.9 Å². The molecule has 0 atom stereocenters. The predicted molar refractivity (Wildman–Crippen MR) is 107 cm³/mol. The van der Waals surface area contributed by atoms with Crippen LogP contribution < -0.4 is 5.56 Å². The first-order valence-electron chi connectivity index (χ1n) is 9.87. The molecule has 3 heterocycles. The Balaban J connectivity index is 1.31. The number of piperidine rings is 1. The Bertz CT molecular complexity index is 948. The lowest BCUT2D eigenvalue weighted by molar-refractivity contribution is 0.148. The van der Waals surface area contributed by atoms with E-state index in [1.54, 1.807) is 10.9 Å². The maximum Gasteiger partial charge on any atom is 0.261 e. The highest BCUT2D eigenvalue weighted by Crippen LogP contribution is 2.24. The van der Waals surface area contributed by atoms with Crippen molar-refractivity contribution < 1.29 is 8.42 Å². The van der Waals surface area contributed by atoms with Gasteiger partial charge in [0, 0.05) is 13.1 Å². The summed E-state index contributed by atoms with van der Waals surface area (Å²) in [6, 6.07) is 7.49. The van der Waals surface area contributed by atoms with Crippen molar-refractivity contribution >= 4 is 20.7 Å². The van der Waals surface area contributed by atoms with Gasteiger partial charge < -0.3 is 4.90 Å². The second-order valence-electron chi connectivity index (χ2n) is 8.06. The Labute approximate surface area is 160 Å². The third-order valence-corrected chi connectivity index (χ3v) is 7.80. The summed E-state index contributed by atoms with van der Waals surface area (Å²) in [7, 11) is -2.78. The molecule has 0 unspecified atom stereocenters. The second kappa shape index (κ2) is 7.72. The van der Waals surface area contributed by atoms with E-state index in [0.717, 1.165) is 57.4 Å². The molecule has 0 spiro atoms. The number of hydrogen-bond acceptors (Lipinski definition) is 5. The topological polar surface area (TPSA) is 72.3 Å². The van der Waals surface area contributed by atoms with Crippen molar-refractivity contribution in [2.24, 2.45) is 11.8 Å². The van der Waals surface area contributed by atoms with Crippen molar-refractivity contribution in [3.8, 4) is 0 Å². The number of likely N-dealkylation sites (tertiary alicyclic amines) is 1. The summed E-state index contributed by atoms with van der Waals surface area (Å²) in [6.07, 6.45) is 5.44. The molecule has 0 aliphatic carbocycles. The van der Waals surface area contributed by atoms with Crippen LogP contribution in [0.3, 0.4) is 0 Å². The van der Waals surface area contributed by atoms with Crippen molar-refractivity contribution in [1.29, 1.82) is 0 Å². The van der Waals surface area contributed by atoms with Crippen molar-refractivity contribution in [3.63, 3.8) is 0 Å². The molecule has 0 N–H and O–H groups in total. The normalized spacial score (nSPS) is 22.2. The van der Waals surface area contributed by atoms with E-state index in [1.807, 2.05) is 24.3 Å². The molecule has 0 amide bonds. The smallest absolute Gasteiger partial charge is 0.261 e. The molecule has 1 aromatic carbocycles. The van der Waals surface area contributed by atoms with Gasteiger partial charge in [0.15, 0.2) is 0 Å². The first-order chi connectivity index (χ1) is 13.0. The van der Waals surface area contributed by atoms with E-state index in [-0.39, 0.29) is 5.56 Å². The Kier molecular flexibility index (Phi) is 5.32. The second-order valence-corrected chi connectivity index (χ2v) is 10.4. The molecule has 2 aliphatic heterocycles. The third kappa shape index (κ3) is 4.41. The van der Waals surface area contributed by atoms with Crippen LogP contribution in [-0.2, 0) is 16.4 Å². The van der Waals surface area contributed by atoms with Crippen LogP contribution in [-0.4, -0.2) is 54.0 Å². The summed E-state index contributed by atoms with van der Waals surface area (Å²) in [6.45, 7) is 3.80. The molecule has 2 fully saturated rings. The van der Waals surface area contributed by atoms with Crippen molar-refractivity contribution in [1.82, 2.24) is 14.5 Å². The van der Waals surface area contributed by atoms with E-state index in [2.05, 4.69) is 9.88 Å². The first-order valence-corrected chi connectivity index (χ1v) is 11.7. The zero-order chi connectivity index (χ0) is 18.9. The van der Waals surface area contributed by atoms with E-state index < -0.39 is 9.84 Å². The molecule has 2 aromatic rings. The van der Waals surface area contributed by atoms with E-state index >= 15 is 0 Å². The highest BCUT2D eigenvalue weighted by Gasteiger charge is 2.27. The molecule has 27 heavy (non-hydrogen) atoms. The Morgan fingerprint density at radius 3 is 2.37 bits per heavy atom. The van der Waals surface area contributed by atoms with Gasteiger partial charge in [-0.3, -0.25) is 9.36 Å². The van der Waals surface area contributed by atoms with Crippen LogP contribution in [0.5, 0.6) is 0 Å². The van der Waals surface area contributed by atoms with Gasteiger partial charge in [-0.05, 0) is 62.7 Å². The van der Waals surface area contributed by atoms with Crippen LogP contribution in [0.15, 0.2) is 35.4 Å². The van der Waals surface area contributed by atoms with E-state index in [4.69, 9.17) is 0 Å². The van der Waals surface area contributed by atoms with Gasteiger partial charge in [0.2, 0.25) is 0 Å². The number of nitrogens with zero attached hydrogens (tertiary/aromatic N) is 3. The number of para-hydroxylation sites is 1. The fourth-order valence-electron chi connectivity index (χ4n) is 4.35. The van der Waals surface area contributed by atoms with Gasteiger partial charge in [-0.2, -0.15) is 0 Å². The fraction of sp³-hybridized carbons (Fsp3) is 0.600. The number of benzene rings is 1. The monoisotopic (exact) mass is 389 g/mol. The molecule has 0 bridgehead atoms. The van der Waals surface area contributed by atoms with Gasteiger partial charge in [-0.1, -0.05) is 12.1 Å². The molecule has 0 saturated carbocycles. The summed E-state index contributed by atoms with van der Waals surface area (Å²) in [5.74, 6) is 1.71. The third-order valence-electron chi connectivity index (χ3n) is 6.08. The van der Waals surface area contributed by atoms with Crippen LogP contribution in [0.4, 0.5) is 0 Å². The maximum absolute atomic E-state index is 12.6. The Hall–Kier alpha value is -1.73. The minimum atomic E-state index is -2.78. The fourth-order valence-corrected chi connectivity index (χ4v) is 5.94. The van der Waals surface area contributed by atoms with Gasteiger partial charge in [0.25, 0.3) is 5.56 Å². The molecular weight excluding hydrogens is 362 g/mol. The van der Waals surface area contributed by atoms with Crippen molar-refractivity contribution in [2.45, 2.75) is 32.2 Å². The molecule has 7 heteroatoms. The molecule has 0 radical (unpaired) electrons. The lowest BCUT2D eigenvalue weighted by Gasteiger charge is -2.35. The molecule has 2 aliphatic rings. The van der Waals surface area contributed by atoms with Crippen LogP contribution in [0.1, 0.15) is 25.7 Å². The van der Waals surface area contributed by atoms with E-state index in [0.29, 0.717) is 28.7 Å². The SMILES string of the molecule is O=c1c2ccccc2ncn1CC1CCN(CC2CCS(=O)(=O)CC2)CC1. The van der Waals surface area contributed by atoms with E-state index in [9.17, 15) is 13.2 Å². The van der Waals surface area contributed by atoms with E-state index in [1.165, 1.54) is 0 Å². The highest BCUT2D eigenvalue weighted by molar-refractivity contribution is 7.91. The highest BCUT2D eigenvalue weighted by atomic mass is 32.2. The molecule has 4 rings (SSSR count). The summed E-state index contributed by atoms with van der Waals surface area (Å²) in [4.78, 5) is 19.5. The zero-order valence-corrected chi connectivity index (χ0v) is 16.4. The summed E-state index contributed by atoms with van der Waals surface area (Å²) in [5.41, 5.74) is 0.800. The minimum Gasteiger partial charge on any atom is -0.303 e. The molecule has 146 valence electrons. The minimum absolute atomic E-state index is 0.0476. The standard InChI is InChI=1S/C20H27N3O3S/c24-20-18-3-1-2-4-19(18)21-15-23(20)14-16-5-9-22(10-6-16)13-17-7-11-27(25,26)12-8-17/h1-4,15-17H,5-14H2. The molecule has 1 aromatic heterocycles. The van der Waals surface area contributed by atoms with Crippen LogP contribution in [0.25, 0.3) is 10.9 Å². The largest absolute Gasteiger partial charge is 0.303 e. The molecular formula is C20H27N3O3S. The van der Waals surface area contributed by atoms with Gasteiger partial charge in [0.05, 0.1) is 28.7 Å². The van der Waals surface area contributed by atoms with Gasteiger partial charge in [-0.15, -0.1) is 0 Å². The summed E-state index contributed by atoms with van der Waals surface area (Å²) >= 11 is 0. The van der Waals surface area contributed by atoms with Crippen LogP contribution in [0.2, 0.25) is 0 Å². The quantitative estimate of drug-likeness (QED) is 0.799. The molecule has 2 saturated heterocycles. The van der Waals surface area contributed by atoms with Gasteiger partial charge >= 0.3 is 0 Å². The summed E-state index contributed by atoms with van der Waals surface area (Å²) in [5, 5.41) is 0.685. The lowest BCUT2D eigenvalue weighted by atomic mass is 9.94. The average Bonchev–Trinajstić information content (AvgIpc) is 2.67. The summed E-state index contributed by atoms with van der Waals surface area (Å²) < 4.78 is 24.9. The number of aromatic nitrogens is 2. The number of sulfone groups is 1. The lowest BCUT2D eigenvalue weighted by Crippen LogP contribution is -2.40. The van der Waals surface area contributed by atoms with Gasteiger partial charge in [0.1, 0.15) is 9.84 Å². The zero-order valence-electron chi connectivity index (χ0n) is 15.6. The number of fused-ring (bicyclic) bond motifs is 1. The number of rotatable bonds is 4. The Morgan fingerprint density at radius 2 is 1.63 bits per heavy atom. The maximum atomic E-state index is 12.6. The Morgan fingerprint density at radius 1 is 0.963 bits per heavy atom. The predicted octanol–water partition coefficient (Wildman–Crippen LogP) is 1.93. The van der Waals surface area contributed by atoms with Crippen LogP contribution >= 0.6 is 0 Å². The first kappa shape index (κ1) is 18.6.